The maximum atomic E-state index is 13.1. The van der Waals surface area contributed by atoms with Crippen molar-refractivity contribution in [2.24, 2.45) is 0 Å². The van der Waals surface area contributed by atoms with E-state index in [1.165, 1.54) is 6.07 Å². The number of carbonyl (C=O) groups excluding carboxylic acids is 1. The largest absolute Gasteiger partial charge is 0.493 e. The van der Waals surface area contributed by atoms with Gasteiger partial charge in [-0.25, -0.2) is 13.6 Å². The van der Waals surface area contributed by atoms with Gasteiger partial charge in [-0.3, -0.25) is 0 Å². The van der Waals surface area contributed by atoms with Crippen molar-refractivity contribution >= 4 is 5.97 Å². The number of hydrogen-bond donors (Lipinski definition) is 0. The van der Waals surface area contributed by atoms with Crippen LogP contribution in [0.5, 0.6) is 5.75 Å². The summed E-state index contributed by atoms with van der Waals surface area (Å²) in [6.45, 7) is 5.77. The smallest absolute Gasteiger partial charge is 0.333 e. The highest BCUT2D eigenvalue weighted by molar-refractivity contribution is 5.86. The first kappa shape index (κ1) is 19.2. The van der Waals surface area contributed by atoms with Gasteiger partial charge in [-0.1, -0.05) is 18.4 Å². The van der Waals surface area contributed by atoms with E-state index in [9.17, 15) is 13.6 Å². The molecule has 134 valence electrons. The third-order valence-electron chi connectivity index (χ3n) is 3.26. The van der Waals surface area contributed by atoms with Crippen LogP contribution >= 0.6 is 0 Å². The van der Waals surface area contributed by atoms with Crippen LogP contribution in [0, 0.1) is 23.5 Å². The second kappa shape index (κ2) is 9.38. The molecule has 3 nitrogen and oxygen atoms in total. The fourth-order valence-electron chi connectivity index (χ4n) is 1.89. The molecule has 0 heterocycles. The van der Waals surface area contributed by atoms with Crippen molar-refractivity contribution < 1.29 is 23.0 Å². The lowest BCUT2D eigenvalue weighted by Crippen LogP contribution is -2.09. The number of benzene rings is 2. The van der Waals surface area contributed by atoms with Gasteiger partial charge in [-0.05, 0) is 49.4 Å². The van der Waals surface area contributed by atoms with Crippen LogP contribution in [0.15, 0.2) is 54.6 Å². The van der Waals surface area contributed by atoms with Gasteiger partial charge >= 0.3 is 5.97 Å². The zero-order valence-corrected chi connectivity index (χ0v) is 14.4. The normalized spacial score (nSPS) is 9.81. The molecular formula is C21H18F2O3. The van der Waals surface area contributed by atoms with E-state index in [0.717, 1.165) is 17.7 Å². The Balaban J connectivity index is 1.81. The number of hydrogen-bond acceptors (Lipinski definition) is 3. The quantitative estimate of drug-likeness (QED) is 0.336. The minimum Gasteiger partial charge on any atom is -0.493 e. The molecule has 0 unspecified atom stereocenters. The summed E-state index contributed by atoms with van der Waals surface area (Å²) < 4.78 is 36.5. The van der Waals surface area contributed by atoms with Gasteiger partial charge in [-0.15, -0.1) is 0 Å². The number of carbonyl (C=O) groups is 1. The average molecular weight is 356 g/mol. The first-order chi connectivity index (χ1) is 12.5. The molecule has 0 fully saturated rings. The highest BCUT2D eigenvalue weighted by Gasteiger charge is 2.02. The highest BCUT2D eigenvalue weighted by Crippen LogP contribution is 2.12. The summed E-state index contributed by atoms with van der Waals surface area (Å²) in [6, 6.07) is 10.6. The molecule has 0 spiro atoms. The standard InChI is InChI=1S/C21H18F2O3/c1-15(2)21(24)26-13-3-12-25-18-9-6-16(7-10-18)4-5-17-8-11-19(22)20(23)14-17/h6-11,14H,1,3,12-13H2,2H3. The minimum atomic E-state index is -0.922. The van der Waals surface area contributed by atoms with Crippen molar-refractivity contribution in [1.29, 1.82) is 0 Å². The van der Waals surface area contributed by atoms with Crippen LogP contribution in [0.2, 0.25) is 0 Å². The number of ether oxygens (including phenoxy) is 2. The predicted molar refractivity (Wildman–Crippen MR) is 94.7 cm³/mol. The van der Waals surface area contributed by atoms with Gasteiger partial charge in [0, 0.05) is 23.1 Å². The Morgan fingerprint density at radius 1 is 1.00 bits per heavy atom. The molecular weight excluding hydrogens is 338 g/mol. The second-order valence-electron chi connectivity index (χ2n) is 5.52. The summed E-state index contributed by atoms with van der Waals surface area (Å²) in [5.74, 6) is 4.08. The van der Waals surface area contributed by atoms with E-state index in [1.807, 2.05) is 0 Å². The number of halogens is 2. The fourth-order valence-corrected chi connectivity index (χ4v) is 1.89. The van der Waals surface area contributed by atoms with Crippen LogP contribution in [0.25, 0.3) is 0 Å². The zero-order chi connectivity index (χ0) is 18.9. The minimum absolute atomic E-state index is 0.267. The summed E-state index contributed by atoms with van der Waals surface area (Å²) in [7, 11) is 0. The summed E-state index contributed by atoms with van der Waals surface area (Å²) in [5.41, 5.74) is 1.48. The Hall–Kier alpha value is -3.13. The van der Waals surface area contributed by atoms with Gasteiger partial charge in [-0.2, -0.15) is 0 Å². The molecule has 0 saturated carbocycles. The summed E-state index contributed by atoms with van der Waals surface area (Å²) in [5, 5.41) is 0. The van der Waals surface area contributed by atoms with Crippen LogP contribution in [-0.4, -0.2) is 19.2 Å². The molecule has 0 atom stereocenters. The topological polar surface area (TPSA) is 35.5 Å². The SMILES string of the molecule is C=C(C)C(=O)OCCCOc1ccc(C#Cc2ccc(F)c(F)c2)cc1. The van der Waals surface area contributed by atoms with Gasteiger partial charge in [0.1, 0.15) is 5.75 Å². The van der Waals surface area contributed by atoms with Gasteiger partial charge in [0.05, 0.1) is 13.2 Å². The van der Waals surface area contributed by atoms with E-state index in [-0.39, 0.29) is 6.61 Å². The van der Waals surface area contributed by atoms with Crippen molar-refractivity contribution in [3.05, 3.63) is 77.4 Å². The molecule has 2 aromatic carbocycles. The molecule has 0 aromatic heterocycles. The van der Waals surface area contributed by atoms with Gasteiger partial charge in [0.15, 0.2) is 11.6 Å². The van der Waals surface area contributed by atoms with E-state index < -0.39 is 17.6 Å². The van der Waals surface area contributed by atoms with E-state index in [2.05, 4.69) is 18.4 Å². The number of rotatable bonds is 6. The van der Waals surface area contributed by atoms with Crippen LogP contribution < -0.4 is 4.74 Å². The molecule has 5 heteroatoms. The summed E-state index contributed by atoms with van der Waals surface area (Å²) in [6.07, 6.45) is 0.566. The molecule has 2 aromatic rings. The lowest BCUT2D eigenvalue weighted by molar-refractivity contribution is -0.139. The lowest BCUT2D eigenvalue weighted by Gasteiger charge is -2.07. The summed E-state index contributed by atoms with van der Waals surface area (Å²) in [4.78, 5) is 11.2. The van der Waals surface area contributed by atoms with Crippen LogP contribution in [0.3, 0.4) is 0 Å². The average Bonchev–Trinajstić information content (AvgIpc) is 2.63. The Morgan fingerprint density at radius 3 is 2.31 bits per heavy atom. The first-order valence-corrected chi connectivity index (χ1v) is 7.98. The molecule has 0 aliphatic carbocycles. The maximum Gasteiger partial charge on any atom is 0.333 e. The predicted octanol–water partition coefficient (Wildman–Crippen LogP) is 4.25. The maximum absolute atomic E-state index is 13.1. The molecule has 2 rings (SSSR count). The molecule has 0 bridgehead atoms. The van der Waals surface area contributed by atoms with Gasteiger partial charge in [0.2, 0.25) is 0 Å². The van der Waals surface area contributed by atoms with Crippen molar-refractivity contribution in [3.63, 3.8) is 0 Å². The fraction of sp³-hybridized carbons (Fsp3) is 0.190. The van der Waals surface area contributed by atoms with E-state index in [4.69, 9.17) is 9.47 Å². The molecule has 0 aliphatic heterocycles. The Bertz CT molecular complexity index is 846. The highest BCUT2D eigenvalue weighted by atomic mass is 19.2. The molecule has 0 aliphatic rings. The third kappa shape index (κ3) is 6.06. The monoisotopic (exact) mass is 356 g/mol. The molecule has 26 heavy (non-hydrogen) atoms. The Morgan fingerprint density at radius 2 is 1.65 bits per heavy atom. The summed E-state index contributed by atoms with van der Waals surface area (Å²) >= 11 is 0. The van der Waals surface area contributed by atoms with Crippen molar-refractivity contribution in [1.82, 2.24) is 0 Å². The molecule has 0 saturated heterocycles. The number of esters is 1. The Kier molecular flexibility index (Phi) is 6.92. The van der Waals surface area contributed by atoms with Crippen molar-refractivity contribution in [2.75, 3.05) is 13.2 Å². The molecule has 0 amide bonds. The molecule has 0 N–H and O–H groups in total. The Labute approximate surface area is 151 Å². The second-order valence-corrected chi connectivity index (χ2v) is 5.52. The van der Waals surface area contributed by atoms with E-state index >= 15 is 0 Å². The van der Waals surface area contributed by atoms with Gasteiger partial charge < -0.3 is 9.47 Å². The van der Waals surface area contributed by atoms with E-state index in [0.29, 0.717) is 29.9 Å². The third-order valence-corrected chi connectivity index (χ3v) is 3.26. The zero-order valence-electron chi connectivity index (χ0n) is 14.4. The first-order valence-electron chi connectivity index (χ1n) is 7.98. The van der Waals surface area contributed by atoms with E-state index in [1.54, 1.807) is 31.2 Å². The van der Waals surface area contributed by atoms with Gasteiger partial charge in [0.25, 0.3) is 0 Å². The van der Waals surface area contributed by atoms with Crippen molar-refractivity contribution in [2.45, 2.75) is 13.3 Å². The molecule has 0 radical (unpaired) electrons. The van der Waals surface area contributed by atoms with Crippen LogP contribution in [0.4, 0.5) is 8.78 Å². The van der Waals surface area contributed by atoms with Crippen LogP contribution in [-0.2, 0) is 9.53 Å². The van der Waals surface area contributed by atoms with Crippen LogP contribution in [0.1, 0.15) is 24.5 Å². The van der Waals surface area contributed by atoms with Crippen molar-refractivity contribution in [3.8, 4) is 17.6 Å². The lowest BCUT2D eigenvalue weighted by atomic mass is 10.1.